The molecule has 0 aliphatic rings. The van der Waals surface area contributed by atoms with Gasteiger partial charge in [0.1, 0.15) is 16.6 Å². The molecule has 3 nitrogen and oxygen atoms in total. The normalized spacial score (nSPS) is 10.7. The minimum Gasteiger partial charge on any atom is -0.469 e. The maximum atomic E-state index is 12.0. The van der Waals surface area contributed by atoms with Crippen LogP contribution in [0.4, 0.5) is 0 Å². The smallest absolute Gasteiger partial charge is 0.140 e. The lowest BCUT2D eigenvalue weighted by Gasteiger charge is -1.97. The number of hydrogen-bond acceptors (Lipinski definition) is 4. The van der Waals surface area contributed by atoms with Crippen molar-refractivity contribution in [3.05, 3.63) is 64.9 Å². The van der Waals surface area contributed by atoms with Gasteiger partial charge in [-0.2, -0.15) is 0 Å². The fraction of sp³-hybridized carbons (Fsp3) is 0.176. The zero-order valence-corrected chi connectivity index (χ0v) is 12.3. The van der Waals surface area contributed by atoms with Gasteiger partial charge in [-0.1, -0.05) is 30.3 Å². The molecule has 1 aromatic carbocycles. The van der Waals surface area contributed by atoms with E-state index in [1.165, 1.54) is 0 Å². The van der Waals surface area contributed by atoms with Crippen molar-refractivity contribution in [3.63, 3.8) is 0 Å². The second-order valence-electron chi connectivity index (χ2n) is 4.79. The number of aromatic nitrogens is 1. The highest BCUT2D eigenvalue weighted by molar-refractivity contribution is 7.10. The van der Waals surface area contributed by atoms with Crippen LogP contribution in [0.3, 0.4) is 0 Å². The summed E-state index contributed by atoms with van der Waals surface area (Å²) in [5, 5.41) is 2.88. The molecule has 0 aliphatic carbocycles. The first-order valence-electron chi connectivity index (χ1n) is 6.85. The lowest BCUT2D eigenvalue weighted by Crippen LogP contribution is -2.03. The maximum absolute atomic E-state index is 12.0. The van der Waals surface area contributed by atoms with Gasteiger partial charge in [-0.15, -0.1) is 11.3 Å². The van der Waals surface area contributed by atoms with Gasteiger partial charge in [-0.05, 0) is 12.1 Å². The van der Waals surface area contributed by atoms with E-state index in [9.17, 15) is 4.79 Å². The van der Waals surface area contributed by atoms with Crippen LogP contribution in [0.1, 0.15) is 17.2 Å². The molecule has 0 radical (unpaired) electrons. The molecular formula is C17H15NO2S. The number of Topliss-reactive ketones (excluding diaryl/α,β-unsaturated/α-hetero) is 1. The Labute approximate surface area is 127 Å². The first-order chi connectivity index (χ1) is 10.3. The van der Waals surface area contributed by atoms with Gasteiger partial charge in [0, 0.05) is 23.8 Å². The summed E-state index contributed by atoms with van der Waals surface area (Å²) in [5.74, 6) is 1.05. The molecule has 0 bridgehead atoms. The second kappa shape index (κ2) is 6.50. The summed E-state index contributed by atoms with van der Waals surface area (Å²) in [6.45, 7) is 0. The largest absolute Gasteiger partial charge is 0.469 e. The molecular weight excluding hydrogens is 282 g/mol. The van der Waals surface area contributed by atoms with E-state index in [4.69, 9.17) is 4.42 Å². The van der Waals surface area contributed by atoms with Crippen molar-refractivity contribution in [1.82, 2.24) is 4.98 Å². The van der Waals surface area contributed by atoms with Gasteiger partial charge in [-0.25, -0.2) is 4.98 Å². The van der Waals surface area contributed by atoms with Crippen molar-refractivity contribution in [2.75, 3.05) is 0 Å². The molecule has 0 saturated heterocycles. The zero-order chi connectivity index (χ0) is 14.5. The molecule has 0 atom stereocenters. The van der Waals surface area contributed by atoms with Gasteiger partial charge < -0.3 is 4.42 Å². The van der Waals surface area contributed by atoms with E-state index in [1.54, 1.807) is 17.6 Å². The Morgan fingerprint density at radius 3 is 2.76 bits per heavy atom. The van der Waals surface area contributed by atoms with E-state index in [2.05, 4.69) is 4.98 Å². The maximum Gasteiger partial charge on any atom is 0.140 e. The summed E-state index contributed by atoms with van der Waals surface area (Å²) in [6, 6.07) is 13.7. The van der Waals surface area contributed by atoms with Gasteiger partial charge in [0.2, 0.25) is 0 Å². The molecule has 106 valence electrons. The molecule has 3 rings (SSSR count). The summed E-state index contributed by atoms with van der Waals surface area (Å²) in [5.41, 5.74) is 2.03. The number of furan rings is 1. The highest BCUT2D eigenvalue weighted by Crippen LogP contribution is 2.22. The van der Waals surface area contributed by atoms with Crippen LogP contribution in [0.15, 0.2) is 58.5 Å². The fourth-order valence-corrected chi connectivity index (χ4v) is 2.94. The molecule has 4 heteroatoms. The van der Waals surface area contributed by atoms with E-state index in [1.807, 2.05) is 47.8 Å². The van der Waals surface area contributed by atoms with E-state index >= 15 is 0 Å². The molecule has 0 N–H and O–H groups in total. The van der Waals surface area contributed by atoms with Crippen molar-refractivity contribution < 1.29 is 9.21 Å². The predicted molar refractivity (Wildman–Crippen MR) is 83.3 cm³/mol. The second-order valence-corrected chi connectivity index (χ2v) is 5.73. The quantitative estimate of drug-likeness (QED) is 0.686. The van der Waals surface area contributed by atoms with Crippen LogP contribution in [0.2, 0.25) is 0 Å². The Hall–Kier alpha value is -2.20. The minimum absolute atomic E-state index is 0.195. The molecule has 0 unspecified atom stereocenters. The van der Waals surface area contributed by atoms with Crippen molar-refractivity contribution >= 4 is 17.1 Å². The van der Waals surface area contributed by atoms with Gasteiger partial charge in [0.25, 0.3) is 0 Å². The average Bonchev–Trinajstić information content (AvgIpc) is 3.17. The van der Waals surface area contributed by atoms with Gasteiger partial charge >= 0.3 is 0 Å². The van der Waals surface area contributed by atoms with Crippen molar-refractivity contribution in [2.45, 2.75) is 19.3 Å². The Balaban J connectivity index is 1.58. The summed E-state index contributed by atoms with van der Waals surface area (Å²) in [4.78, 5) is 16.5. The van der Waals surface area contributed by atoms with Crippen LogP contribution in [0.25, 0.3) is 11.3 Å². The monoisotopic (exact) mass is 297 g/mol. The fourth-order valence-electron chi connectivity index (χ4n) is 2.11. The number of nitrogens with zero attached hydrogens (tertiary/aromatic N) is 1. The van der Waals surface area contributed by atoms with Gasteiger partial charge in [-0.3, -0.25) is 4.79 Å². The molecule has 0 amide bonds. The van der Waals surface area contributed by atoms with E-state index in [0.717, 1.165) is 22.0 Å². The Morgan fingerprint density at radius 1 is 1.14 bits per heavy atom. The van der Waals surface area contributed by atoms with Crippen LogP contribution in [0.5, 0.6) is 0 Å². The third kappa shape index (κ3) is 3.67. The van der Waals surface area contributed by atoms with Gasteiger partial charge in [0.05, 0.1) is 18.4 Å². The Bertz CT molecular complexity index is 701. The van der Waals surface area contributed by atoms with Crippen LogP contribution >= 0.6 is 11.3 Å². The van der Waals surface area contributed by atoms with Crippen LogP contribution in [-0.4, -0.2) is 10.8 Å². The number of carbonyl (C=O) groups is 1. The number of carbonyl (C=O) groups excluding carboxylic acids is 1. The Morgan fingerprint density at radius 2 is 2.00 bits per heavy atom. The third-order valence-electron chi connectivity index (χ3n) is 3.20. The summed E-state index contributed by atoms with van der Waals surface area (Å²) in [6.07, 6.45) is 3.18. The molecule has 0 spiro atoms. The molecule has 0 aliphatic heterocycles. The molecule has 0 saturated carbocycles. The van der Waals surface area contributed by atoms with E-state index < -0.39 is 0 Å². The number of thiazole rings is 1. The lowest BCUT2D eigenvalue weighted by molar-refractivity contribution is -0.118. The zero-order valence-electron chi connectivity index (χ0n) is 11.5. The third-order valence-corrected chi connectivity index (χ3v) is 4.05. The summed E-state index contributed by atoms with van der Waals surface area (Å²) in [7, 11) is 0. The Kier molecular flexibility index (Phi) is 4.26. The number of rotatable bonds is 6. The van der Waals surface area contributed by atoms with E-state index in [0.29, 0.717) is 19.3 Å². The van der Waals surface area contributed by atoms with Gasteiger partial charge in [0.15, 0.2) is 0 Å². The first-order valence-corrected chi connectivity index (χ1v) is 7.73. The summed E-state index contributed by atoms with van der Waals surface area (Å²) < 4.78 is 5.23. The number of ketones is 1. The molecule has 2 heterocycles. The van der Waals surface area contributed by atoms with Crippen LogP contribution in [0, 0.1) is 0 Å². The van der Waals surface area contributed by atoms with Crippen molar-refractivity contribution in [1.29, 1.82) is 0 Å². The number of aryl methyl sites for hydroxylation is 1. The lowest BCUT2D eigenvalue weighted by atomic mass is 10.1. The number of hydrogen-bond donors (Lipinski definition) is 0. The molecule has 3 aromatic rings. The topological polar surface area (TPSA) is 43.1 Å². The minimum atomic E-state index is 0.195. The number of benzene rings is 1. The molecule has 0 fully saturated rings. The van der Waals surface area contributed by atoms with Crippen molar-refractivity contribution in [3.8, 4) is 11.3 Å². The average molecular weight is 297 g/mol. The van der Waals surface area contributed by atoms with E-state index in [-0.39, 0.29) is 5.78 Å². The van der Waals surface area contributed by atoms with Crippen molar-refractivity contribution in [2.24, 2.45) is 0 Å². The highest BCUT2D eigenvalue weighted by atomic mass is 32.1. The van der Waals surface area contributed by atoms with Crippen LogP contribution < -0.4 is 0 Å². The standard InChI is InChI=1S/C17H15NO2S/c19-14(8-9-15-7-4-10-20-15)11-17-18-16(12-21-17)13-5-2-1-3-6-13/h1-7,10,12H,8-9,11H2. The molecule has 21 heavy (non-hydrogen) atoms. The SMILES string of the molecule is O=C(CCc1ccco1)Cc1nc(-c2ccccc2)cs1. The predicted octanol–water partition coefficient (Wildman–Crippen LogP) is 4.15. The molecule has 2 aromatic heterocycles. The van der Waals surface area contributed by atoms with Crippen LogP contribution in [-0.2, 0) is 17.6 Å². The first kappa shape index (κ1) is 13.8. The summed E-state index contributed by atoms with van der Waals surface area (Å²) >= 11 is 1.54. The highest BCUT2D eigenvalue weighted by Gasteiger charge is 2.10.